The first-order valence-electron chi connectivity index (χ1n) is 12.8. The molecule has 0 bridgehead atoms. The lowest BCUT2D eigenvalue weighted by Crippen LogP contribution is -2.31. The number of carbonyl (C=O) groups is 2. The highest BCUT2D eigenvalue weighted by Crippen LogP contribution is 2.40. The Morgan fingerprint density at radius 3 is 2.32 bits per heavy atom. The zero-order valence-corrected chi connectivity index (χ0v) is 22.0. The summed E-state index contributed by atoms with van der Waals surface area (Å²) in [5.41, 5.74) is 2.48. The van der Waals surface area contributed by atoms with Crippen molar-refractivity contribution in [3.05, 3.63) is 89.5 Å². The van der Waals surface area contributed by atoms with E-state index in [2.05, 4.69) is 25.8 Å². The van der Waals surface area contributed by atoms with Crippen molar-refractivity contribution >= 4 is 17.4 Å². The summed E-state index contributed by atoms with van der Waals surface area (Å²) in [6.45, 7) is 10.1. The van der Waals surface area contributed by atoms with Crippen molar-refractivity contribution in [3.8, 4) is 5.75 Å². The van der Waals surface area contributed by atoms with Crippen molar-refractivity contribution < 1.29 is 19.4 Å². The lowest BCUT2D eigenvalue weighted by Gasteiger charge is -2.26. The summed E-state index contributed by atoms with van der Waals surface area (Å²) in [5, 5.41) is 11.3. The Morgan fingerprint density at radius 2 is 1.73 bits per heavy atom. The minimum absolute atomic E-state index is 0.0350. The number of amides is 1. The zero-order valence-electron chi connectivity index (χ0n) is 22.0. The van der Waals surface area contributed by atoms with Crippen LogP contribution >= 0.6 is 0 Å². The van der Waals surface area contributed by atoms with E-state index in [1.165, 1.54) is 0 Å². The third kappa shape index (κ3) is 5.77. The second-order valence-corrected chi connectivity index (χ2v) is 10.4. The van der Waals surface area contributed by atoms with Gasteiger partial charge in [0, 0.05) is 31.0 Å². The van der Waals surface area contributed by atoms with Crippen LogP contribution in [0.5, 0.6) is 5.75 Å². The Labute approximate surface area is 218 Å². The number of hydrogen-bond acceptors (Lipinski definition) is 5. The molecule has 3 aromatic rings. The highest BCUT2D eigenvalue weighted by molar-refractivity contribution is 6.46. The minimum Gasteiger partial charge on any atom is -0.507 e. The molecule has 7 heteroatoms. The van der Waals surface area contributed by atoms with E-state index >= 15 is 0 Å². The SMILES string of the molecule is CCCOc1ccc(/C(O)=C2\C(=O)C(=O)N(CCCn3ccnc3)C2c2ccc(C(C)(C)C)cc2)cc1. The molecule has 0 spiro atoms. The van der Waals surface area contributed by atoms with Gasteiger partial charge in [-0.2, -0.15) is 0 Å². The Morgan fingerprint density at radius 1 is 1.03 bits per heavy atom. The minimum atomic E-state index is -0.673. The van der Waals surface area contributed by atoms with Crippen LogP contribution in [0.1, 0.15) is 63.3 Å². The number of nitrogens with zero attached hydrogens (tertiary/aromatic N) is 3. The van der Waals surface area contributed by atoms with Crippen molar-refractivity contribution in [2.24, 2.45) is 0 Å². The number of ketones is 1. The van der Waals surface area contributed by atoms with Gasteiger partial charge in [0.15, 0.2) is 0 Å². The highest BCUT2D eigenvalue weighted by atomic mass is 16.5. The molecule has 4 rings (SSSR count). The number of carbonyl (C=O) groups excluding carboxylic acids is 2. The number of ether oxygens (including phenoxy) is 1. The predicted octanol–water partition coefficient (Wildman–Crippen LogP) is 5.48. The Bertz CT molecular complexity index is 1250. The maximum atomic E-state index is 13.3. The number of likely N-dealkylation sites (tertiary alicyclic amines) is 1. The molecule has 0 saturated carbocycles. The van der Waals surface area contributed by atoms with Gasteiger partial charge < -0.3 is 19.3 Å². The number of aromatic nitrogens is 2. The van der Waals surface area contributed by atoms with Gasteiger partial charge in [0.1, 0.15) is 11.5 Å². The van der Waals surface area contributed by atoms with Crippen LogP contribution in [0.15, 0.2) is 72.8 Å². The maximum absolute atomic E-state index is 13.3. The molecule has 194 valence electrons. The van der Waals surface area contributed by atoms with Crippen molar-refractivity contribution in [2.45, 2.75) is 58.5 Å². The molecule has 1 fully saturated rings. The number of aryl methyl sites for hydroxylation is 1. The molecule has 0 aliphatic carbocycles. The van der Waals surface area contributed by atoms with E-state index in [4.69, 9.17) is 4.74 Å². The van der Waals surface area contributed by atoms with Crippen molar-refractivity contribution in [2.75, 3.05) is 13.2 Å². The molecule has 37 heavy (non-hydrogen) atoms. The third-order valence-corrected chi connectivity index (χ3v) is 6.61. The van der Waals surface area contributed by atoms with E-state index in [0.29, 0.717) is 37.4 Å². The smallest absolute Gasteiger partial charge is 0.295 e. The second kappa shape index (κ2) is 11.0. The first-order valence-corrected chi connectivity index (χ1v) is 12.8. The third-order valence-electron chi connectivity index (χ3n) is 6.61. The van der Waals surface area contributed by atoms with Gasteiger partial charge in [0.05, 0.1) is 24.5 Å². The van der Waals surface area contributed by atoms with Crippen molar-refractivity contribution in [1.82, 2.24) is 14.5 Å². The van der Waals surface area contributed by atoms with Gasteiger partial charge in [-0.15, -0.1) is 0 Å². The number of benzene rings is 2. The van der Waals surface area contributed by atoms with E-state index in [-0.39, 0.29) is 16.7 Å². The lowest BCUT2D eigenvalue weighted by molar-refractivity contribution is -0.139. The monoisotopic (exact) mass is 501 g/mol. The average molecular weight is 502 g/mol. The standard InChI is InChI=1S/C30H35N3O4/c1-5-19-37-24-13-9-22(10-14-24)27(34)25-26(21-7-11-23(12-8-21)30(2,3)4)33(29(36)28(25)35)17-6-16-32-18-15-31-20-32/h7-15,18,20,26,34H,5-6,16-17,19H2,1-4H3/b27-25+. The molecule has 1 N–H and O–H groups in total. The van der Waals surface area contributed by atoms with Gasteiger partial charge in [0.25, 0.3) is 11.7 Å². The number of aliphatic hydroxyl groups excluding tert-OH is 1. The fraction of sp³-hybridized carbons (Fsp3) is 0.367. The maximum Gasteiger partial charge on any atom is 0.295 e. The lowest BCUT2D eigenvalue weighted by atomic mass is 9.85. The molecular weight excluding hydrogens is 466 g/mol. The fourth-order valence-corrected chi connectivity index (χ4v) is 4.55. The van der Waals surface area contributed by atoms with Crippen LogP contribution in [0.4, 0.5) is 0 Å². The number of hydrogen-bond donors (Lipinski definition) is 1. The fourth-order valence-electron chi connectivity index (χ4n) is 4.55. The molecule has 2 aromatic carbocycles. The van der Waals surface area contributed by atoms with E-state index in [1.54, 1.807) is 41.7 Å². The largest absolute Gasteiger partial charge is 0.507 e. The van der Waals surface area contributed by atoms with E-state index < -0.39 is 17.7 Å². The number of Topliss-reactive ketones (excluding diaryl/α,β-unsaturated/α-hetero) is 1. The van der Waals surface area contributed by atoms with Gasteiger partial charge in [-0.05, 0) is 53.6 Å². The average Bonchev–Trinajstić information content (AvgIpc) is 3.49. The van der Waals surface area contributed by atoms with Crippen molar-refractivity contribution in [1.29, 1.82) is 0 Å². The number of imidazole rings is 1. The van der Waals surface area contributed by atoms with Gasteiger partial charge in [0.2, 0.25) is 0 Å². The van der Waals surface area contributed by atoms with Crippen LogP contribution in [0.3, 0.4) is 0 Å². The summed E-state index contributed by atoms with van der Waals surface area (Å²) < 4.78 is 7.58. The molecular formula is C30H35N3O4. The molecule has 1 atom stereocenters. The van der Waals surface area contributed by atoms with Crippen LogP contribution in [0.25, 0.3) is 5.76 Å². The Hall–Kier alpha value is -3.87. The van der Waals surface area contributed by atoms with E-state index in [0.717, 1.165) is 17.5 Å². The van der Waals surface area contributed by atoms with Crippen LogP contribution < -0.4 is 4.74 Å². The summed E-state index contributed by atoms with van der Waals surface area (Å²) in [5.74, 6) is -0.758. The molecule has 7 nitrogen and oxygen atoms in total. The Kier molecular flexibility index (Phi) is 7.81. The first kappa shape index (κ1) is 26.2. The summed E-state index contributed by atoms with van der Waals surface area (Å²) >= 11 is 0. The zero-order chi connectivity index (χ0) is 26.6. The molecule has 1 aliphatic rings. The molecule has 0 radical (unpaired) electrons. The quantitative estimate of drug-likeness (QED) is 0.238. The molecule has 1 unspecified atom stereocenters. The van der Waals surface area contributed by atoms with Crippen LogP contribution in [0.2, 0.25) is 0 Å². The van der Waals surface area contributed by atoms with E-state index in [1.807, 2.05) is 42.0 Å². The van der Waals surface area contributed by atoms with Crippen molar-refractivity contribution in [3.63, 3.8) is 0 Å². The topological polar surface area (TPSA) is 84.7 Å². The van der Waals surface area contributed by atoms with Gasteiger partial charge in [-0.25, -0.2) is 4.98 Å². The highest BCUT2D eigenvalue weighted by Gasteiger charge is 2.45. The summed E-state index contributed by atoms with van der Waals surface area (Å²) in [4.78, 5) is 32.1. The Balaban J connectivity index is 1.70. The van der Waals surface area contributed by atoms with Gasteiger partial charge in [-0.1, -0.05) is 52.0 Å². The van der Waals surface area contributed by atoms with E-state index in [9.17, 15) is 14.7 Å². The van der Waals surface area contributed by atoms with Crippen LogP contribution in [-0.4, -0.2) is 44.4 Å². The second-order valence-electron chi connectivity index (χ2n) is 10.4. The molecule has 1 aliphatic heterocycles. The summed E-state index contributed by atoms with van der Waals surface area (Å²) in [6, 6.07) is 14.2. The van der Waals surface area contributed by atoms with Gasteiger partial charge in [-0.3, -0.25) is 9.59 Å². The molecule has 1 amide bonds. The van der Waals surface area contributed by atoms with Crippen LogP contribution in [0, 0.1) is 0 Å². The number of rotatable bonds is 9. The normalized spacial score (nSPS) is 17.4. The molecule has 2 heterocycles. The summed E-state index contributed by atoms with van der Waals surface area (Å²) in [6.07, 6.45) is 6.83. The molecule has 1 saturated heterocycles. The number of aliphatic hydroxyl groups is 1. The molecule has 1 aromatic heterocycles. The first-order chi connectivity index (χ1) is 17.7. The summed E-state index contributed by atoms with van der Waals surface area (Å²) in [7, 11) is 0. The van der Waals surface area contributed by atoms with Gasteiger partial charge >= 0.3 is 0 Å². The van der Waals surface area contributed by atoms with Crippen LogP contribution in [-0.2, 0) is 21.5 Å². The predicted molar refractivity (Wildman–Crippen MR) is 143 cm³/mol.